The molecule has 152 valence electrons. The molecule has 2 aromatic carbocycles. The van der Waals surface area contributed by atoms with E-state index in [4.69, 9.17) is 21.1 Å². The molecular weight excluding hydrogens is 376 g/mol. The smallest absolute Gasteiger partial charge is 0.251 e. The summed E-state index contributed by atoms with van der Waals surface area (Å²) in [6.45, 7) is 10.1. The molecule has 5 nitrogen and oxygen atoms in total. The quantitative estimate of drug-likeness (QED) is 0.632. The first-order valence-electron chi connectivity index (χ1n) is 9.61. The van der Waals surface area contributed by atoms with Gasteiger partial charge in [-0.05, 0) is 43.3 Å². The highest BCUT2D eigenvalue weighted by molar-refractivity contribution is 6.32. The van der Waals surface area contributed by atoms with Gasteiger partial charge in [-0.1, -0.05) is 49.7 Å². The highest BCUT2D eigenvalue weighted by atomic mass is 35.5. The van der Waals surface area contributed by atoms with Crippen LogP contribution in [0.3, 0.4) is 0 Å². The van der Waals surface area contributed by atoms with E-state index in [2.05, 4.69) is 36.2 Å². The van der Waals surface area contributed by atoms with Crippen molar-refractivity contribution < 1.29 is 14.3 Å². The van der Waals surface area contributed by atoms with Gasteiger partial charge in [0.2, 0.25) is 0 Å². The molecule has 0 saturated carbocycles. The lowest BCUT2D eigenvalue weighted by atomic mass is 10.1. The van der Waals surface area contributed by atoms with Gasteiger partial charge < -0.3 is 14.8 Å². The maximum atomic E-state index is 12.5. The Labute approximate surface area is 172 Å². The van der Waals surface area contributed by atoms with Gasteiger partial charge in [0.25, 0.3) is 5.91 Å². The molecule has 0 aliphatic heterocycles. The summed E-state index contributed by atoms with van der Waals surface area (Å²) >= 11 is 6.25. The third-order valence-corrected chi connectivity index (χ3v) is 4.84. The van der Waals surface area contributed by atoms with Crippen LogP contribution >= 0.6 is 11.6 Å². The number of rotatable bonds is 10. The molecule has 0 fully saturated rings. The van der Waals surface area contributed by atoms with Crippen LogP contribution in [0.25, 0.3) is 0 Å². The van der Waals surface area contributed by atoms with Gasteiger partial charge in [0.05, 0.1) is 18.7 Å². The van der Waals surface area contributed by atoms with Crippen LogP contribution in [0.1, 0.15) is 42.3 Å². The van der Waals surface area contributed by atoms with Crippen LogP contribution in [0.4, 0.5) is 0 Å². The second-order valence-corrected chi connectivity index (χ2v) is 6.79. The normalized spacial score (nSPS) is 10.8. The number of methoxy groups -OCH3 is 1. The van der Waals surface area contributed by atoms with Gasteiger partial charge >= 0.3 is 0 Å². The number of amides is 1. The minimum atomic E-state index is -0.213. The molecule has 0 aromatic heterocycles. The Balaban J connectivity index is 2.01. The van der Waals surface area contributed by atoms with Gasteiger partial charge in [-0.2, -0.15) is 0 Å². The van der Waals surface area contributed by atoms with Crippen molar-refractivity contribution >= 4 is 17.5 Å². The molecule has 0 atom stereocenters. The number of carbonyl (C=O) groups is 1. The van der Waals surface area contributed by atoms with E-state index in [-0.39, 0.29) is 5.91 Å². The van der Waals surface area contributed by atoms with Crippen molar-refractivity contribution in [1.82, 2.24) is 10.2 Å². The van der Waals surface area contributed by atoms with Crippen LogP contribution in [-0.2, 0) is 13.1 Å². The van der Waals surface area contributed by atoms with Crippen LogP contribution in [-0.4, -0.2) is 37.6 Å². The number of halogens is 1. The maximum Gasteiger partial charge on any atom is 0.251 e. The van der Waals surface area contributed by atoms with Crippen molar-refractivity contribution in [3.05, 3.63) is 58.1 Å². The van der Waals surface area contributed by atoms with E-state index in [0.29, 0.717) is 35.2 Å². The van der Waals surface area contributed by atoms with Crippen molar-refractivity contribution in [1.29, 1.82) is 0 Å². The van der Waals surface area contributed by atoms with E-state index in [0.717, 1.165) is 25.2 Å². The minimum absolute atomic E-state index is 0.213. The molecule has 2 aromatic rings. The maximum absolute atomic E-state index is 12.5. The predicted molar refractivity (Wildman–Crippen MR) is 113 cm³/mol. The zero-order valence-corrected chi connectivity index (χ0v) is 17.8. The number of carbonyl (C=O) groups excluding carboxylic acids is 1. The molecule has 28 heavy (non-hydrogen) atoms. The lowest BCUT2D eigenvalue weighted by Gasteiger charge is -2.18. The molecule has 0 heterocycles. The summed E-state index contributed by atoms with van der Waals surface area (Å²) in [6, 6.07) is 11.5. The number of hydrogen-bond donors (Lipinski definition) is 1. The van der Waals surface area contributed by atoms with E-state index in [1.807, 2.05) is 19.1 Å². The van der Waals surface area contributed by atoms with Crippen LogP contribution < -0.4 is 14.8 Å². The van der Waals surface area contributed by atoms with Crippen molar-refractivity contribution in [2.45, 2.75) is 33.9 Å². The average molecular weight is 405 g/mol. The van der Waals surface area contributed by atoms with Crippen molar-refractivity contribution in [2.75, 3.05) is 26.8 Å². The Morgan fingerprint density at radius 2 is 1.71 bits per heavy atom. The third-order valence-electron chi connectivity index (χ3n) is 4.56. The molecule has 0 saturated heterocycles. The van der Waals surface area contributed by atoms with E-state index in [1.165, 1.54) is 12.7 Å². The predicted octanol–water partition coefficient (Wildman–Crippen LogP) is 4.52. The summed E-state index contributed by atoms with van der Waals surface area (Å²) in [4.78, 5) is 14.9. The van der Waals surface area contributed by atoms with Gasteiger partial charge in [0.15, 0.2) is 11.5 Å². The minimum Gasteiger partial charge on any atom is -0.493 e. The fraction of sp³-hybridized carbons (Fsp3) is 0.409. The highest BCUT2D eigenvalue weighted by Crippen LogP contribution is 2.36. The topological polar surface area (TPSA) is 50.8 Å². The first kappa shape index (κ1) is 22.1. The van der Waals surface area contributed by atoms with E-state index < -0.39 is 0 Å². The highest BCUT2D eigenvalue weighted by Gasteiger charge is 2.15. The largest absolute Gasteiger partial charge is 0.493 e. The van der Waals surface area contributed by atoms with Crippen molar-refractivity contribution in [3.8, 4) is 11.5 Å². The van der Waals surface area contributed by atoms with Gasteiger partial charge in [-0.25, -0.2) is 0 Å². The SMILES string of the molecule is CCOc1c(Cl)cc(C(=O)NCc2ccc(CN(CC)CC)cc2)cc1OC. The molecule has 1 N–H and O–H groups in total. The summed E-state index contributed by atoms with van der Waals surface area (Å²) in [7, 11) is 1.52. The Morgan fingerprint density at radius 1 is 1.07 bits per heavy atom. The summed E-state index contributed by atoms with van der Waals surface area (Å²) in [5, 5.41) is 3.28. The van der Waals surface area contributed by atoms with Crippen LogP contribution in [0, 0.1) is 0 Å². The molecule has 6 heteroatoms. The number of nitrogens with one attached hydrogen (secondary N) is 1. The summed E-state index contributed by atoms with van der Waals surface area (Å²) in [5.41, 5.74) is 2.74. The molecule has 0 aliphatic rings. The molecule has 2 rings (SSSR count). The third kappa shape index (κ3) is 5.88. The summed E-state index contributed by atoms with van der Waals surface area (Å²) in [5.74, 6) is 0.683. The molecule has 0 radical (unpaired) electrons. The second-order valence-electron chi connectivity index (χ2n) is 6.38. The van der Waals surface area contributed by atoms with Crippen LogP contribution in [0.15, 0.2) is 36.4 Å². The Hall–Kier alpha value is -2.24. The Kier molecular flexibility index (Phi) is 8.61. The Morgan fingerprint density at radius 3 is 2.29 bits per heavy atom. The first-order valence-corrected chi connectivity index (χ1v) is 9.98. The fourth-order valence-electron chi connectivity index (χ4n) is 2.89. The monoisotopic (exact) mass is 404 g/mol. The number of hydrogen-bond acceptors (Lipinski definition) is 4. The van der Waals surface area contributed by atoms with Gasteiger partial charge in [-0.3, -0.25) is 9.69 Å². The lowest BCUT2D eigenvalue weighted by molar-refractivity contribution is 0.0950. The van der Waals surface area contributed by atoms with Crippen molar-refractivity contribution in [2.24, 2.45) is 0 Å². The molecule has 0 spiro atoms. The van der Waals surface area contributed by atoms with Gasteiger partial charge in [0.1, 0.15) is 0 Å². The number of ether oxygens (including phenoxy) is 2. The second kappa shape index (κ2) is 10.9. The Bertz CT molecular complexity index is 774. The molecule has 1 amide bonds. The fourth-order valence-corrected chi connectivity index (χ4v) is 3.15. The standard InChI is InChI=1S/C22H29ClN2O3/c1-5-25(6-2)15-17-10-8-16(9-11-17)14-24-22(26)18-12-19(23)21(28-7-3)20(13-18)27-4/h8-13H,5-7,14-15H2,1-4H3,(H,24,26). The van der Waals surface area contributed by atoms with Crippen LogP contribution in [0.2, 0.25) is 5.02 Å². The zero-order valence-electron chi connectivity index (χ0n) is 17.0. The molecular formula is C22H29ClN2O3. The van der Waals surface area contributed by atoms with Crippen molar-refractivity contribution in [3.63, 3.8) is 0 Å². The summed E-state index contributed by atoms with van der Waals surface area (Å²) < 4.78 is 10.8. The summed E-state index contributed by atoms with van der Waals surface area (Å²) in [6.07, 6.45) is 0. The molecule has 0 unspecified atom stereocenters. The van der Waals surface area contributed by atoms with Gasteiger partial charge in [-0.15, -0.1) is 0 Å². The molecule has 0 aliphatic carbocycles. The first-order chi connectivity index (χ1) is 13.5. The van der Waals surface area contributed by atoms with Gasteiger partial charge in [0, 0.05) is 18.7 Å². The molecule has 0 bridgehead atoms. The number of nitrogens with zero attached hydrogens (tertiary/aromatic N) is 1. The van der Waals surface area contributed by atoms with Crippen LogP contribution in [0.5, 0.6) is 11.5 Å². The van der Waals surface area contributed by atoms with E-state index in [1.54, 1.807) is 12.1 Å². The van der Waals surface area contributed by atoms with E-state index >= 15 is 0 Å². The van der Waals surface area contributed by atoms with E-state index in [9.17, 15) is 4.79 Å². The zero-order chi connectivity index (χ0) is 20.5. The average Bonchev–Trinajstić information content (AvgIpc) is 2.72. The lowest BCUT2D eigenvalue weighted by Crippen LogP contribution is -2.23. The number of benzene rings is 2.